The molecule has 0 aliphatic heterocycles. The molecule has 3 rings (SSSR count). The van der Waals surface area contributed by atoms with Crippen LogP contribution >= 0.6 is 0 Å². The second-order valence-corrected chi connectivity index (χ2v) is 6.85. The Morgan fingerprint density at radius 3 is 2.59 bits per heavy atom. The molecule has 0 saturated heterocycles. The number of nitrogens with zero attached hydrogens (tertiary/aromatic N) is 1. The molecule has 2 aliphatic rings. The van der Waals surface area contributed by atoms with Crippen molar-refractivity contribution in [3.05, 3.63) is 35.4 Å². The highest BCUT2D eigenvalue weighted by atomic mass is 16.2. The molecule has 1 aromatic rings. The van der Waals surface area contributed by atoms with Crippen molar-refractivity contribution in [3.63, 3.8) is 0 Å². The third-order valence-corrected chi connectivity index (χ3v) is 5.36. The molecule has 1 fully saturated rings. The summed E-state index contributed by atoms with van der Waals surface area (Å²) in [4.78, 5) is 14.6. The molecule has 1 unspecified atom stereocenters. The minimum Gasteiger partial charge on any atom is -0.331 e. The molecule has 1 atom stereocenters. The zero-order chi connectivity index (χ0) is 15.4. The van der Waals surface area contributed by atoms with Crippen molar-refractivity contribution in [2.45, 2.75) is 69.9 Å². The summed E-state index contributed by atoms with van der Waals surface area (Å²) in [5.74, 6) is 0. The number of aryl methyl sites for hydroxylation is 1. The lowest BCUT2D eigenvalue weighted by molar-refractivity contribution is 0.169. The van der Waals surface area contributed by atoms with Gasteiger partial charge in [0.25, 0.3) is 0 Å². The lowest BCUT2D eigenvalue weighted by Gasteiger charge is -2.32. The van der Waals surface area contributed by atoms with Crippen LogP contribution in [0.2, 0.25) is 0 Å². The summed E-state index contributed by atoms with van der Waals surface area (Å²) in [5.41, 5.74) is 2.73. The van der Waals surface area contributed by atoms with Crippen LogP contribution < -0.4 is 5.32 Å². The van der Waals surface area contributed by atoms with Gasteiger partial charge in [-0.2, -0.15) is 0 Å². The van der Waals surface area contributed by atoms with Crippen molar-refractivity contribution in [1.29, 1.82) is 0 Å². The first-order valence-electron chi connectivity index (χ1n) is 8.87. The van der Waals surface area contributed by atoms with Crippen molar-refractivity contribution in [3.8, 4) is 0 Å². The number of carbonyl (C=O) groups excluding carboxylic acids is 1. The van der Waals surface area contributed by atoms with Crippen LogP contribution in [0.3, 0.4) is 0 Å². The minimum absolute atomic E-state index is 0.105. The van der Waals surface area contributed by atoms with Crippen molar-refractivity contribution in [2.24, 2.45) is 0 Å². The first-order chi connectivity index (χ1) is 10.8. The molecule has 120 valence electrons. The molecule has 1 saturated carbocycles. The molecule has 22 heavy (non-hydrogen) atoms. The summed E-state index contributed by atoms with van der Waals surface area (Å²) in [6.45, 7) is 0. The van der Waals surface area contributed by atoms with Crippen molar-refractivity contribution in [2.75, 3.05) is 7.05 Å². The van der Waals surface area contributed by atoms with Crippen molar-refractivity contribution >= 4 is 6.03 Å². The predicted molar refractivity (Wildman–Crippen MR) is 89.9 cm³/mol. The van der Waals surface area contributed by atoms with E-state index in [1.807, 2.05) is 11.9 Å². The number of rotatable bonds is 2. The Kier molecular flexibility index (Phi) is 5.01. The highest BCUT2D eigenvalue weighted by Crippen LogP contribution is 2.29. The fourth-order valence-corrected chi connectivity index (χ4v) is 3.96. The summed E-state index contributed by atoms with van der Waals surface area (Å²) in [7, 11) is 1.97. The monoisotopic (exact) mass is 300 g/mol. The van der Waals surface area contributed by atoms with Gasteiger partial charge < -0.3 is 10.2 Å². The Labute approximate surface area is 134 Å². The van der Waals surface area contributed by atoms with Gasteiger partial charge in [0.2, 0.25) is 0 Å². The Morgan fingerprint density at radius 2 is 1.77 bits per heavy atom. The van der Waals surface area contributed by atoms with Gasteiger partial charge in [0, 0.05) is 13.1 Å². The number of urea groups is 1. The Hall–Kier alpha value is -1.51. The first-order valence-corrected chi connectivity index (χ1v) is 8.87. The van der Waals surface area contributed by atoms with Crippen LogP contribution in [0.4, 0.5) is 4.79 Å². The van der Waals surface area contributed by atoms with Gasteiger partial charge in [-0.25, -0.2) is 4.79 Å². The smallest absolute Gasteiger partial charge is 0.317 e. The van der Waals surface area contributed by atoms with Crippen LogP contribution in [0.15, 0.2) is 24.3 Å². The van der Waals surface area contributed by atoms with E-state index in [0.717, 1.165) is 25.7 Å². The van der Waals surface area contributed by atoms with Gasteiger partial charge in [0.15, 0.2) is 0 Å². The van der Waals surface area contributed by atoms with E-state index in [1.165, 1.54) is 43.2 Å². The largest absolute Gasteiger partial charge is 0.331 e. The topological polar surface area (TPSA) is 32.3 Å². The third-order valence-electron chi connectivity index (χ3n) is 5.36. The lowest BCUT2D eigenvalue weighted by Crippen LogP contribution is -2.45. The highest BCUT2D eigenvalue weighted by molar-refractivity contribution is 5.75. The number of hydrogen-bond acceptors (Lipinski definition) is 1. The number of benzene rings is 1. The maximum absolute atomic E-state index is 12.6. The molecule has 0 aromatic heterocycles. The number of nitrogens with one attached hydrogen (secondary N) is 1. The maximum atomic E-state index is 12.6. The maximum Gasteiger partial charge on any atom is 0.317 e. The molecule has 1 N–H and O–H groups in total. The molecule has 0 heterocycles. The zero-order valence-corrected chi connectivity index (χ0v) is 13.7. The van der Waals surface area contributed by atoms with Gasteiger partial charge in [0.1, 0.15) is 0 Å². The lowest BCUT2D eigenvalue weighted by atomic mass is 9.94. The molecule has 2 amide bonds. The normalized spacial score (nSPS) is 22.5. The number of amides is 2. The summed E-state index contributed by atoms with van der Waals surface area (Å²) in [6.07, 6.45) is 10.8. The van der Waals surface area contributed by atoms with Crippen LogP contribution in [-0.2, 0) is 6.42 Å². The minimum atomic E-state index is 0.105. The van der Waals surface area contributed by atoms with E-state index >= 15 is 0 Å². The molecular formula is C19H28N2O. The standard InChI is InChI=1S/C19H28N2O/c1-21(16-11-3-2-4-12-16)19(22)20-18-14-8-6-10-15-9-5-7-13-17(15)18/h5,7,9,13,16,18H,2-4,6,8,10-12,14H2,1H3,(H,20,22). The van der Waals surface area contributed by atoms with E-state index in [4.69, 9.17) is 0 Å². The zero-order valence-electron chi connectivity index (χ0n) is 13.7. The second-order valence-electron chi connectivity index (χ2n) is 6.85. The van der Waals surface area contributed by atoms with Crippen molar-refractivity contribution in [1.82, 2.24) is 10.2 Å². The predicted octanol–water partition coefficient (Wildman–Crippen LogP) is 4.43. The van der Waals surface area contributed by atoms with E-state index in [1.54, 1.807) is 0 Å². The average molecular weight is 300 g/mol. The molecule has 0 bridgehead atoms. The summed E-state index contributed by atoms with van der Waals surface area (Å²) < 4.78 is 0. The van der Waals surface area contributed by atoms with Crippen LogP contribution in [0.5, 0.6) is 0 Å². The van der Waals surface area contributed by atoms with Gasteiger partial charge in [-0.3, -0.25) is 0 Å². The van der Waals surface area contributed by atoms with Crippen molar-refractivity contribution < 1.29 is 4.79 Å². The molecular weight excluding hydrogens is 272 g/mol. The van der Waals surface area contributed by atoms with E-state index in [9.17, 15) is 4.79 Å². The highest BCUT2D eigenvalue weighted by Gasteiger charge is 2.25. The van der Waals surface area contributed by atoms with Gasteiger partial charge in [-0.05, 0) is 43.2 Å². The van der Waals surface area contributed by atoms with Gasteiger partial charge in [-0.15, -0.1) is 0 Å². The number of carbonyl (C=O) groups is 1. The van der Waals surface area contributed by atoms with E-state index in [2.05, 4.69) is 29.6 Å². The van der Waals surface area contributed by atoms with E-state index in [-0.39, 0.29) is 12.1 Å². The van der Waals surface area contributed by atoms with Crippen LogP contribution in [0, 0.1) is 0 Å². The second kappa shape index (κ2) is 7.17. The average Bonchev–Trinajstić information content (AvgIpc) is 2.77. The molecule has 3 heteroatoms. The van der Waals surface area contributed by atoms with Gasteiger partial charge in [-0.1, -0.05) is 49.9 Å². The first kappa shape index (κ1) is 15.4. The SMILES string of the molecule is CN(C(=O)NC1CCCCc2ccccc21)C1CCCCC1. The quantitative estimate of drug-likeness (QED) is 0.805. The Morgan fingerprint density at radius 1 is 1.05 bits per heavy atom. The number of hydrogen-bond donors (Lipinski definition) is 1. The Balaban J connectivity index is 1.68. The summed E-state index contributed by atoms with van der Waals surface area (Å²) >= 11 is 0. The summed E-state index contributed by atoms with van der Waals surface area (Å²) in [5, 5.41) is 3.30. The van der Waals surface area contributed by atoms with E-state index < -0.39 is 0 Å². The van der Waals surface area contributed by atoms with Crippen LogP contribution in [0.1, 0.15) is 68.5 Å². The van der Waals surface area contributed by atoms with Gasteiger partial charge in [0.05, 0.1) is 6.04 Å². The third kappa shape index (κ3) is 3.45. The molecule has 2 aliphatic carbocycles. The Bertz CT molecular complexity index is 508. The number of fused-ring (bicyclic) bond motifs is 1. The molecule has 0 spiro atoms. The molecule has 0 radical (unpaired) electrons. The van der Waals surface area contributed by atoms with Crippen LogP contribution in [-0.4, -0.2) is 24.0 Å². The summed E-state index contributed by atoms with van der Waals surface area (Å²) in [6, 6.07) is 9.31. The van der Waals surface area contributed by atoms with E-state index in [0.29, 0.717) is 6.04 Å². The molecule has 1 aromatic carbocycles. The molecule has 3 nitrogen and oxygen atoms in total. The fraction of sp³-hybridized carbons (Fsp3) is 0.632. The van der Waals surface area contributed by atoms with Crippen LogP contribution in [0.25, 0.3) is 0 Å². The fourth-order valence-electron chi connectivity index (χ4n) is 3.96. The van der Waals surface area contributed by atoms with Gasteiger partial charge >= 0.3 is 6.03 Å².